The number of nitro groups is 1. The molecule has 0 aliphatic heterocycles. The molecular weight excluding hydrogens is 420 g/mol. The highest BCUT2D eigenvalue weighted by Crippen LogP contribution is 2.33. The van der Waals surface area contributed by atoms with Crippen molar-refractivity contribution in [1.82, 2.24) is 14.4 Å². The van der Waals surface area contributed by atoms with Crippen LogP contribution in [0.1, 0.15) is 38.0 Å². The summed E-state index contributed by atoms with van der Waals surface area (Å²) in [5.41, 5.74) is 0.307. The van der Waals surface area contributed by atoms with E-state index in [1.807, 2.05) is 30.3 Å². The van der Waals surface area contributed by atoms with Crippen molar-refractivity contribution in [3.8, 4) is 11.4 Å². The molecule has 1 aliphatic carbocycles. The Kier molecular flexibility index (Phi) is 6.10. The van der Waals surface area contributed by atoms with Crippen LogP contribution in [0, 0.1) is 10.1 Å². The standard InChI is InChI=1S/C21H22N4O5S/c26-25(27)18-13-7-8-14-19(18)31(28,29)24(17-11-5-2-6-12-17)15-20-22-21(23-30-20)16-9-3-1-4-10-16/h1,3-4,7-10,13-14,17H,2,5-6,11-12,15H2. The monoisotopic (exact) mass is 442 g/mol. The van der Waals surface area contributed by atoms with E-state index in [9.17, 15) is 18.5 Å². The van der Waals surface area contributed by atoms with Crippen molar-refractivity contribution in [2.75, 3.05) is 0 Å². The number of para-hydroxylation sites is 1. The Morgan fingerprint density at radius 3 is 2.42 bits per heavy atom. The van der Waals surface area contributed by atoms with Crippen LogP contribution in [0.25, 0.3) is 11.4 Å². The highest BCUT2D eigenvalue weighted by atomic mass is 32.2. The minimum Gasteiger partial charge on any atom is -0.338 e. The topological polar surface area (TPSA) is 119 Å². The Hall–Kier alpha value is -3.11. The predicted octanol–water partition coefficient (Wildman–Crippen LogP) is 4.17. The summed E-state index contributed by atoms with van der Waals surface area (Å²) < 4.78 is 33.8. The first-order chi connectivity index (χ1) is 15.0. The molecule has 162 valence electrons. The Bertz CT molecular complexity index is 1160. The molecule has 0 bridgehead atoms. The van der Waals surface area contributed by atoms with E-state index in [0.717, 1.165) is 24.8 Å². The molecule has 0 unspecified atom stereocenters. The number of hydrogen-bond donors (Lipinski definition) is 0. The summed E-state index contributed by atoms with van der Waals surface area (Å²) in [4.78, 5) is 14.8. The van der Waals surface area contributed by atoms with Crippen LogP contribution >= 0.6 is 0 Å². The summed E-state index contributed by atoms with van der Waals surface area (Å²) >= 11 is 0. The van der Waals surface area contributed by atoms with Crippen molar-refractivity contribution < 1.29 is 17.9 Å². The summed E-state index contributed by atoms with van der Waals surface area (Å²) in [6.45, 7) is -0.140. The van der Waals surface area contributed by atoms with Gasteiger partial charge in [0, 0.05) is 17.7 Å². The number of rotatable bonds is 7. The minimum atomic E-state index is -4.17. The van der Waals surface area contributed by atoms with E-state index in [-0.39, 0.29) is 23.4 Å². The summed E-state index contributed by atoms with van der Waals surface area (Å²) in [6, 6.07) is 14.3. The number of nitrogens with zero attached hydrogens (tertiary/aromatic N) is 4. The summed E-state index contributed by atoms with van der Waals surface area (Å²) in [5.74, 6) is 0.508. The van der Waals surface area contributed by atoms with E-state index in [2.05, 4.69) is 10.1 Å². The third-order valence-electron chi connectivity index (χ3n) is 5.42. The molecule has 10 heteroatoms. The molecular formula is C21H22N4O5S. The van der Waals surface area contributed by atoms with Crippen LogP contribution in [0.2, 0.25) is 0 Å². The number of hydrogen-bond acceptors (Lipinski definition) is 7. The average molecular weight is 442 g/mol. The Labute approximate surface area is 179 Å². The van der Waals surface area contributed by atoms with Gasteiger partial charge in [-0.2, -0.15) is 9.29 Å². The molecule has 1 aromatic heterocycles. The second-order valence-electron chi connectivity index (χ2n) is 7.44. The van der Waals surface area contributed by atoms with Gasteiger partial charge in [-0.15, -0.1) is 0 Å². The van der Waals surface area contributed by atoms with Gasteiger partial charge in [-0.3, -0.25) is 10.1 Å². The van der Waals surface area contributed by atoms with Crippen LogP contribution < -0.4 is 0 Å². The lowest BCUT2D eigenvalue weighted by molar-refractivity contribution is -0.387. The first-order valence-electron chi connectivity index (χ1n) is 10.1. The Morgan fingerprint density at radius 1 is 1.03 bits per heavy atom. The maximum Gasteiger partial charge on any atom is 0.289 e. The second-order valence-corrected chi connectivity index (χ2v) is 9.30. The van der Waals surface area contributed by atoms with Gasteiger partial charge in [0.1, 0.15) is 0 Å². The van der Waals surface area contributed by atoms with Crippen molar-refractivity contribution in [3.05, 3.63) is 70.6 Å². The van der Waals surface area contributed by atoms with Gasteiger partial charge in [-0.25, -0.2) is 8.42 Å². The summed E-state index contributed by atoms with van der Waals surface area (Å²) in [6.07, 6.45) is 4.19. The predicted molar refractivity (Wildman–Crippen MR) is 112 cm³/mol. The van der Waals surface area contributed by atoms with Crippen molar-refractivity contribution in [2.24, 2.45) is 0 Å². The largest absolute Gasteiger partial charge is 0.338 e. The maximum atomic E-state index is 13.6. The van der Waals surface area contributed by atoms with Crippen molar-refractivity contribution in [3.63, 3.8) is 0 Å². The fourth-order valence-electron chi connectivity index (χ4n) is 3.89. The molecule has 31 heavy (non-hydrogen) atoms. The van der Waals surface area contributed by atoms with Gasteiger partial charge in [0.15, 0.2) is 4.90 Å². The molecule has 3 aromatic rings. The molecule has 1 heterocycles. The zero-order valence-electron chi connectivity index (χ0n) is 16.8. The summed E-state index contributed by atoms with van der Waals surface area (Å²) in [7, 11) is -4.17. The highest BCUT2D eigenvalue weighted by molar-refractivity contribution is 7.89. The van der Waals surface area contributed by atoms with E-state index >= 15 is 0 Å². The molecule has 0 spiro atoms. The molecule has 0 radical (unpaired) electrons. The second kappa shape index (κ2) is 8.94. The van der Waals surface area contributed by atoms with E-state index < -0.39 is 20.6 Å². The van der Waals surface area contributed by atoms with E-state index in [1.54, 1.807) is 0 Å². The van der Waals surface area contributed by atoms with Crippen LogP contribution in [0.15, 0.2) is 64.0 Å². The van der Waals surface area contributed by atoms with Gasteiger partial charge in [0.25, 0.3) is 15.7 Å². The average Bonchev–Trinajstić information content (AvgIpc) is 3.27. The molecule has 1 fully saturated rings. The van der Waals surface area contributed by atoms with Crippen LogP contribution in [-0.4, -0.2) is 33.8 Å². The molecule has 1 saturated carbocycles. The van der Waals surface area contributed by atoms with Crippen LogP contribution in [0.4, 0.5) is 5.69 Å². The van der Waals surface area contributed by atoms with Gasteiger partial charge >= 0.3 is 0 Å². The van der Waals surface area contributed by atoms with Gasteiger partial charge in [0.2, 0.25) is 11.7 Å². The molecule has 0 saturated heterocycles. The third kappa shape index (κ3) is 4.49. The normalized spacial score (nSPS) is 15.3. The fourth-order valence-corrected chi connectivity index (χ4v) is 5.68. The van der Waals surface area contributed by atoms with Gasteiger partial charge in [0.05, 0.1) is 11.5 Å². The van der Waals surface area contributed by atoms with Crippen LogP contribution in [-0.2, 0) is 16.6 Å². The first kappa shape index (κ1) is 21.1. The molecule has 0 N–H and O–H groups in total. The number of aromatic nitrogens is 2. The first-order valence-corrected chi connectivity index (χ1v) is 11.5. The van der Waals surface area contributed by atoms with E-state index in [0.29, 0.717) is 18.7 Å². The Morgan fingerprint density at radius 2 is 1.71 bits per heavy atom. The van der Waals surface area contributed by atoms with Crippen molar-refractivity contribution >= 4 is 15.7 Å². The molecule has 0 atom stereocenters. The van der Waals surface area contributed by atoms with Gasteiger partial charge < -0.3 is 4.52 Å². The molecule has 1 aliphatic rings. The number of benzene rings is 2. The third-order valence-corrected chi connectivity index (χ3v) is 7.37. The summed E-state index contributed by atoms with van der Waals surface area (Å²) in [5, 5.41) is 15.4. The number of nitro benzene ring substituents is 1. The molecule has 2 aromatic carbocycles. The lowest BCUT2D eigenvalue weighted by Gasteiger charge is -2.32. The van der Waals surface area contributed by atoms with Crippen LogP contribution in [0.5, 0.6) is 0 Å². The molecule has 4 rings (SSSR count). The van der Waals surface area contributed by atoms with Crippen molar-refractivity contribution in [2.45, 2.75) is 49.6 Å². The smallest absolute Gasteiger partial charge is 0.289 e. The highest BCUT2D eigenvalue weighted by Gasteiger charge is 2.37. The van der Waals surface area contributed by atoms with Crippen molar-refractivity contribution in [1.29, 1.82) is 0 Å². The lowest BCUT2D eigenvalue weighted by Crippen LogP contribution is -2.41. The van der Waals surface area contributed by atoms with Gasteiger partial charge in [-0.05, 0) is 18.9 Å². The number of sulfonamides is 1. The lowest BCUT2D eigenvalue weighted by atomic mass is 9.95. The maximum absolute atomic E-state index is 13.6. The van der Waals surface area contributed by atoms with Crippen LogP contribution in [0.3, 0.4) is 0 Å². The zero-order chi connectivity index (χ0) is 21.8. The SMILES string of the molecule is O=[N+]([O-])c1ccccc1S(=O)(=O)N(Cc1nc(-c2ccccc2)no1)C1CCCCC1. The molecule has 0 amide bonds. The quantitative estimate of drug-likeness (QED) is 0.398. The van der Waals surface area contributed by atoms with E-state index in [1.165, 1.54) is 28.6 Å². The Balaban J connectivity index is 1.70. The van der Waals surface area contributed by atoms with E-state index in [4.69, 9.17) is 4.52 Å². The van der Waals surface area contributed by atoms with Gasteiger partial charge in [-0.1, -0.05) is 66.9 Å². The molecule has 9 nitrogen and oxygen atoms in total. The minimum absolute atomic E-state index is 0.140. The zero-order valence-corrected chi connectivity index (χ0v) is 17.6. The fraction of sp³-hybridized carbons (Fsp3) is 0.333.